The van der Waals surface area contributed by atoms with E-state index in [0.717, 1.165) is 42.7 Å². The van der Waals surface area contributed by atoms with Gasteiger partial charge >= 0.3 is 0 Å². The van der Waals surface area contributed by atoms with Crippen molar-refractivity contribution < 1.29 is 18.8 Å². The molecule has 4 rings (SSSR count). The van der Waals surface area contributed by atoms with Gasteiger partial charge in [0.1, 0.15) is 0 Å². The summed E-state index contributed by atoms with van der Waals surface area (Å²) in [6.07, 6.45) is 1.88. The number of hydrogen-bond acceptors (Lipinski definition) is 8. The molecule has 34 heavy (non-hydrogen) atoms. The van der Waals surface area contributed by atoms with E-state index in [2.05, 4.69) is 26.4 Å². The van der Waals surface area contributed by atoms with Crippen LogP contribution in [-0.2, 0) is 17.8 Å². The third-order valence-corrected chi connectivity index (χ3v) is 5.93. The molecule has 1 fully saturated rings. The van der Waals surface area contributed by atoms with Crippen molar-refractivity contribution in [3.05, 3.63) is 53.9 Å². The number of rotatable bonds is 8. The van der Waals surface area contributed by atoms with E-state index in [1.807, 2.05) is 36.4 Å². The quantitative estimate of drug-likeness (QED) is 0.541. The van der Waals surface area contributed by atoms with Crippen molar-refractivity contribution in [3.8, 4) is 29.0 Å². The molecule has 0 spiro atoms. The predicted molar refractivity (Wildman–Crippen MR) is 125 cm³/mol. The number of nitrogens with zero attached hydrogens (tertiary/aromatic N) is 4. The van der Waals surface area contributed by atoms with Crippen molar-refractivity contribution in [2.45, 2.75) is 25.8 Å². The van der Waals surface area contributed by atoms with Gasteiger partial charge < -0.3 is 19.3 Å². The topological polar surface area (TPSA) is 114 Å². The van der Waals surface area contributed by atoms with Gasteiger partial charge in [-0.25, -0.2) is 0 Å². The zero-order chi connectivity index (χ0) is 23.9. The summed E-state index contributed by atoms with van der Waals surface area (Å²) in [7, 11) is 3.17. The molecule has 1 saturated heterocycles. The molecule has 0 bridgehead atoms. The molecule has 0 saturated carbocycles. The van der Waals surface area contributed by atoms with Crippen LogP contribution in [0.15, 0.2) is 47.0 Å². The van der Waals surface area contributed by atoms with Crippen LogP contribution in [0.25, 0.3) is 11.4 Å². The van der Waals surface area contributed by atoms with E-state index in [1.165, 1.54) is 0 Å². The molecule has 1 N–H and O–H groups in total. The maximum Gasteiger partial charge on any atom is 0.241 e. The summed E-state index contributed by atoms with van der Waals surface area (Å²) >= 11 is 0. The molecule has 0 radical (unpaired) electrons. The van der Waals surface area contributed by atoms with E-state index in [1.54, 1.807) is 20.3 Å². The number of ether oxygens (including phenoxy) is 2. The van der Waals surface area contributed by atoms with Gasteiger partial charge in [-0.2, -0.15) is 10.2 Å². The third-order valence-electron chi connectivity index (χ3n) is 5.93. The van der Waals surface area contributed by atoms with Crippen molar-refractivity contribution in [1.29, 1.82) is 5.26 Å². The fourth-order valence-electron chi connectivity index (χ4n) is 4.00. The van der Waals surface area contributed by atoms with E-state index in [9.17, 15) is 4.79 Å². The zero-order valence-corrected chi connectivity index (χ0v) is 19.3. The first-order valence-electron chi connectivity index (χ1n) is 11.1. The molecule has 2 heterocycles. The largest absolute Gasteiger partial charge is 0.493 e. The molecule has 1 aromatic heterocycles. The number of benzene rings is 2. The molecule has 0 aliphatic carbocycles. The van der Waals surface area contributed by atoms with E-state index in [4.69, 9.17) is 19.3 Å². The van der Waals surface area contributed by atoms with Gasteiger partial charge in [0.05, 0.1) is 33.3 Å². The molecule has 1 aliphatic heterocycles. The fourth-order valence-corrected chi connectivity index (χ4v) is 4.00. The standard InChI is InChI=1S/C25H27N5O4/c1-32-21-8-5-19(15-22(21)33-2)24-28-23(34-29-24)16-30-13-10-18(11-14-30)25(31)27-20-6-3-17(4-7-20)9-12-26/h3-8,15,18H,9-11,13-14,16H2,1-2H3,(H,27,31). The van der Waals surface area contributed by atoms with Gasteiger partial charge in [0.2, 0.25) is 17.6 Å². The Balaban J connectivity index is 1.28. The van der Waals surface area contributed by atoms with Crippen LogP contribution in [0, 0.1) is 17.2 Å². The molecular formula is C25H27N5O4. The highest BCUT2D eigenvalue weighted by Crippen LogP contribution is 2.31. The van der Waals surface area contributed by atoms with Crippen LogP contribution in [0.5, 0.6) is 11.5 Å². The lowest BCUT2D eigenvalue weighted by Crippen LogP contribution is -2.37. The van der Waals surface area contributed by atoms with E-state index in [0.29, 0.717) is 36.2 Å². The smallest absolute Gasteiger partial charge is 0.241 e. The summed E-state index contributed by atoms with van der Waals surface area (Å²) < 4.78 is 16.1. The fraction of sp³-hybridized carbons (Fsp3) is 0.360. The lowest BCUT2D eigenvalue weighted by atomic mass is 9.95. The van der Waals surface area contributed by atoms with Crippen LogP contribution in [0.1, 0.15) is 24.3 Å². The third kappa shape index (κ3) is 5.53. The molecule has 3 aromatic rings. The van der Waals surface area contributed by atoms with Crippen molar-refractivity contribution >= 4 is 11.6 Å². The molecule has 176 valence electrons. The Morgan fingerprint density at radius 2 is 1.88 bits per heavy atom. The molecule has 0 unspecified atom stereocenters. The number of carbonyl (C=O) groups excluding carboxylic acids is 1. The second-order valence-corrected chi connectivity index (χ2v) is 8.15. The highest BCUT2D eigenvalue weighted by Gasteiger charge is 2.26. The Morgan fingerprint density at radius 3 is 2.56 bits per heavy atom. The first-order chi connectivity index (χ1) is 16.6. The second-order valence-electron chi connectivity index (χ2n) is 8.15. The number of anilines is 1. The number of likely N-dealkylation sites (tertiary alicyclic amines) is 1. The number of amides is 1. The van der Waals surface area contributed by atoms with Gasteiger partial charge in [-0.15, -0.1) is 0 Å². The minimum atomic E-state index is -0.0416. The Hall–Kier alpha value is -3.90. The number of carbonyl (C=O) groups is 1. The Bertz CT molecular complexity index is 1160. The van der Waals surface area contributed by atoms with Gasteiger partial charge in [0.25, 0.3) is 0 Å². The van der Waals surface area contributed by atoms with E-state index < -0.39 is 0 Å². The number of nitriles is 1. The van der Waals surface area contributed by atoms with Crippen LogP contribution in [0.2, 0.25) is 0 Å². The van der Waals surface area contributed by atoms with Gasteiger partial charge in [0, 0.05) is 17.2 Å². The van der Waals surface area contributed by atoms with Crippen molar-refractivity contribution in [2.24, 2.45) is 5.92 Å². The van der Waals surface area contributed by atoms with Crippen LogP contribution in [-0.4, -0.2) is 48.3 Å². The normalized spacial score (nSPS) is 14.4. The Labute approximate surface area is 198 Å². The first-order valence-corrected chi connectivity index (χ1v) is 11.1. The molecule has 9 nitrogen and oxygen atoms in total. The molecule has 2 aromatic carbocycles. The predicted octanol–water partition coefficient (Wildman–Crippen LogP) is 3.67. The summed E-state index contributed by atoms with van der Waals surface area (Å²) in [6.45, 7) is 2.08. The maximum atomic E-state index is 12.7. The second kappa shape index (κ2) is 10.8. The molecular weight excluding hydrogens is 434 g/mol. The average molecular weight is 462 g/mol. The Morgan fingerprint density at radius 1 is 1.15 bits per heavy atom. The van der Waals surface area contributed by atoms with Crippen molar-refractivity contribution in [2.75, 3.05) is 32.6 Å². The van der Waals surface area contributed by atoms with E-state index in [-0.39, 0.29) is 11.8 Å². The SMILES string of the molecule is COc1ccc(-c2noc(CN3CCC(C(=O)Nc4ccc(CC#N)cc4)CC3)n2)cc1OC. The molecule has 1 aliphatic rings. The number of aromatic nitrogens is 2. The van der Waals surface area contributed by atoms with Gasteiger partial charge in [-0.1, -0.05) is 17.3 Å². The number of piperidine rings is 1. The van der Waals surface area contributed by atoms with Gasteiger partial charge in [0.15, 0.2) is 11.5 Å². The summed E-state index contributed by atoms with van der Waals surface area (Å²) in [6, 6.07) is 15.0. The first kappa shape index (κ1) is 23.3. The molecule has 1 amide bonds. The minimum Gasteiger partial charge on any atom is -0.493 e. The molecule has 0 atom stereocenters. The lowest BCUT2D eigenvalue weighted by Gasteiger charge is -2.30. The summed E-state index contributed by atoms with van der Waals surface area (Å²) in [5.41, 5.74) is 2.47. The zero-order valence-electron chi connectivity index (χ0n) is 19.3. The number of methoxy groups -OCH3 is 2. The highest BCUT2D eigenvalue weighted by molar-refractivity contribution is 5.92. The van der Waals surface area contributed by atoms with Crippen molar-refractivity contribution in [1.82, 2.24) is 15.0 Å². The Kier molecular flexibility index (Phi) is 7.40. The average Bonchev–Trinajstić information content (AvgIpc) is 3.33. The van der Waals surface area contributed by atoms with Crippen LogP contribution < -0.4 is 14.8 Å². The number of hydrogen-bond donors (Lipinski definition) is 1. The molecule has 9 heteroatoms. The lowest BCUT2D eigenvalue weighted by molar-refractivity contribution is -0.121. The van der Waals surface area contributed by atoms with E-state index >= 15 is 0 Å². The summed E-state index contributed by atoms with van der Waals surface area (Å²) in [5, 5.41) is 15.8. The van der Waals surface area contributed by atoms with Crippen LogP contribution >= 0.6 is 0 Å². The summed E-state index contributed by atoms with van der Waals surface area (Å²) in [5.74, 6) is 2.25. The monoisotopic (exact) mass is 461 g/mol. The van der Waals surface area contributed by atoms with Gasteiger partial charge in [-0.3, -0.25) is 9.69 Å². The van der Waals surface area contributed by atoms with Gasteiger partial charge in [-0.05, 0) is 61.8 Å². The number of nitrogens with one attached hydrogen (secondary N) is 1. The van der Waals surface area contributed by atoms with Crippen molar-refractivity contribution in [3.63, 3.8) is 0 Å². The maximum absolute atomic E-state index is 12.7. The minimum absolute atomic E-state index is 0.0289. The van der Waals surface area contributed by atoms with Crippen LogP contribution in [0.4, 0.5) is 5.69 Å². The highest BCUT2D eigenvalue weighted by atomic mass is 16.5. The van der Waals surface area contributed by atoms with Crippen LogP contribution in [0.3, 0.4) is 0 Å². The summed E-state index contributed by atoms with van der Waals surface area (Å²) in [4.78, 5) is 19.4.